The third kappa shape index (κ3) is 2.54. The van der Waals surface area contributed by atoms with E-state index in [4.69, 9.17) is 16.3 Å². The number of halogens is 2. The number of ether oxygens (including phenoxy) is 1. The summed E-state index contributed by atoms with van der Waals surface area (Å²) in [6.45, 7) is 4.06. The Kier molecular flexibility index (Phi) is 3.63. The van der Waals surface area contributed by atoms with Gasteiger partial charge in [0.05, 0.1) is 4.47 Å². The Morgan fingerprint density at radius 3 is 2.92 bits per heavy atom. The molecule has 1 nitrogen and oxygen atoms in total. The Bertz CT molecular complexity index is 286. The summed E-state index contributed by atoms with van der Waals surface area (Å²) in [5.41, 5.74) is 0. The van der Waals surface area contributed by atoms with E-state index in [2.05, 4.69) is 22.5 Å². The number of hydrogen-bond acceptors (Lipinski definition) is 1. The summed E-state index contributed by atoms with van der Waals surface area (Å²) in [5, 5.41) is 0.688. The van der Waals surface area contributed by atoms with Crippen molar-refractivity contribution in [2.45, 2.75) is 0 Å². The maximum absolute atomic E-state index is 5.75. The summed E-state index contributed by atoms with van der Waals surface area (Å²) < 4.78 is 6.18. The highest BCUT2D eigenvalue weighted by atomic mass is 79.9. The van der Waals surface area contributed by atoms with Crippen LogP contribution in [0.25, 0.3) is 0 Å². The van der Waals surface area contributed by atoms with Crippen molar-refractivity contribution in [3.8, 4) is 5.75 Å². The molecule has 0 aliphatic rings. The van der Waals surface area contributed by atoms with Gasteiger partial charge in [-0.1, -0.05) is 24.3 Å². The molecule has 0 aliphatic heterocycles. The fourth-order valence-electron chi connectivity index (χ4n) is 0.741. The molecule has 0 atom stereocenters. The van der Waals surface area contributed by atoms with Gasteiger partial charge < -0.3 is 4.74 Å². The first-order valence-electron chi connectivity index (χ1n) is 3.43. The molecule has 0 fully saturated rings. The molecular formula is C9H8BrClO. The minimum absolute atomic E-state index is 0.500. The van der Waals surface area contributed by atoms with Gasteiger partial charge in [-0.05, 0) is 34.1 Å². The molecule has 0 saturated carbocycles. The van der Waals surface area contributed by atoms with Crippen LogP contribution in [0.3, 0.4) is 0 Å². The van der Waals surface area contributed by atoms with E-state index >= 15 is 0 Å². The molecule has 3 heteroatoms. The molecule has 0 radical (unpaired) electrons. The summed E-state index contributed by atoms with van der Waals surface area (Å²) in [6.07, 6.45) is 1.70. The summed E-state index contributed by atoms with van der Waals surface area (Å²) >= 11 is 9.08. The number of hydrogen-bond donors (Lipinski definition) is 0. The SMILES string of the molecule is C=CCOc1ccc(Cl)cc1Br. The largest absolute Gasteiger partial charge is 0.488 e. The van der Waals surface area contributed by atoms with E-state index in [1.54, 1.807) is 18.2 Å². The second kappa shape index (κ2) is 4.53. The summed E-state index contributed by atoms with van der Waals surface area (Å²) in [7, 11) is 0. The molecule has 0 amide bonds. The molecule has 12 heavy (non-hydrogen) atoms. The van der Waals surface area contributed by atoms with E-state index in [1.807, 2.05) is 6.07 Å². The first kappa shape index (κ1) is 9.62. The predicted octanol–water partition coefficient (Wildman–Crippen LogP) is 3.67. The average Bonchev–Trinajstić information content (AvgIpc) is 2.03. The van der Waals surface area contributed by atoms with E-state index in [9.17, 15) is 0 Å². The van der Waals surface area contributed by atoms with Crippen molar-refractivity contribution in [1.29, 1.82) is 0 Å². The van der Waals surface area contributed by atoms with Crippen LogP contribution in [0.5, 0.6) is 5.75 Å². The lowest BCUT2D eigenvalue weighted by molar-refractivity contribution is 0.361. The van der Waals surface area contributed by atoms with Crippen LogP contribution in [0.4, 0.5) is 0 Å². The fourth-order valence-corrected chi connectivity index (χ4v) is 1.54. The zero-order valence-corrected chi connectivity index (χ0v) is 8.73. The highest BCUT2D eigenvalue weighted by Crippen LogP contribution is 2.27. The monoisotopic (exact) mass is 246 g/mol. The van der Waals surface area contributed by atoms with E-state index in [-0.39, 0.29) is 0 Å². The Hall–Kier alpha value is -0.470. The Labute approximate surface area is 85.1 Å². The van der Waals surface area contributed by atoms with Crippen LogP contribution in [0.1, 0.15) is 0 Å². The second-order valence-corrected chi connectivity index (χ2v) is 3.47. The molecule has 1 rings (SSSR count). The molecule has 0 aliphatic carbocycles. The quantitative estimate of drug-likeness (QED) is 0.741. The zero-order valence-electron chi connectivity index (χ0n) is 6.39. The van der Waals surface area contributed by atoms with Crippen molar-refractivity contribution in [2.24, 2.45) is 0 Å². The summed E-state index contributed by atoms with van der Waals surface area (Å²) in [5.74, 6) is 0.777. The number of rotatable bonds is 3. The summed E-state index contributed by atoms with van der Waals surface area (Å²) in [4.78, 5) is 0. The van der Waals surface area contributed by atoms with Crippen molar-refractivity contribution in [3.63, 3.8) is 0 Å². The molecule has 0 aromatic heterocycles. The molecule has 64 valence electrons. The predicted molar refractivity (Wildman–Crippen MR) is 54.8 cm³/mol. The first-order chi connectivity index (χ1) is 5.74. The van der Waals surface area contributed by atoms with Crippen molar-refractivity contribution >= 4 is 27.5 Å². The highest BCUT2D eigenvalue weighted by molar-refractivity contribution is 9.10. The van der Waals surface area contributed by atoms with Crippen LogP contribution in [-0.4, -0.2) is 6.61 Å². The molecule has 0 spiro atoms. The molecule has 1 aromatic carbocycles. The number of benzene rings is 1. The van der Waals surface area contributed by atoms with Gasteiger partial charge >= 0.3 is 0 Å². The van der Waals surface area contributed by atoms with Crippen LogP contribution < -0.4 is 4.74 Å². The van der Waals surface area contributed by atoms with Gasteiger partial charge in [0.2, 0.25) is 0 Å². The van der Waals surface area contributed by atoms with Crippen molar-refractivity contribution < 1.29 is 4.74 Å². The molecule has 0 heterocycles. The Balaban J connectivity index is 2.78. The van der Waals surface area contributed by atoms with Crippen LogP contribution in [0.15, 0.2) is 35.3 Å². The molecule has 0 bridgehead atoms. The Morgan fingerprint density at radius 1 is 1.58 bits per heavy atom. The minimum Gasteiger partial charge on any atom is -0.488 e. The standard InChI is InChI=1S/C9H8BrClO/c1-2-5-12-9-4-3-7(11)6-8(9)10/h2-4,6H,1,5H2. The topological polar surface area (TPSA) is 9.23 Å². The first-order valence-corrected chi connectivity index (χ1v) is 4.60. The van der Waals surface area contributed by atoms with Crippen LogP contribution in [0, 0.1) is 0 Å². The minimum atomic E-state index is 0.500. The fraction of sp³-hybridized carbons (Fsp3) is 0.111. The molecule has 1 aromatic rings. The molecule has 0 unspecified atom stereocenters. The van der Waals surface area contributed by atoms with Gasteiger partial charge in [-0.15, -0.1) is 0 Å². The molecular weight excluding hydrogens is 239 g/mol. The summed E-state index contributed by atoms with van der Waals surface area (Å²) in [6, 6.07) is 5.39. The molecule has 0 N–H and O–H groups in total. The lowest BCUT2D eigenvalue weighted by Gasteiger charge is -2.04. The van der Waals surface area contributed by atoms with Crippen molar-refractivity contribution in [1.82, 2.24) is 0 Å². The van der Waals surface area contributed by atoms with E-state index in [0.29, 0.717) is 11.6 Å². The molecule has 0 saturated heterocycles. The van der Waals surface area contributed by atoms with E-state index in [0.717, 1.165) is 10.2 Å². The van der Waals surface area contributed by atoms with Crippen molar-refractivity contribution in [3.05, 3.63) is 40.3 Å². The lowest BCUT2D eigenvalue weighted by Crippen LogP contribution is -1.92. The zero-order chi connectivity index (χ0) is 8.97. The van der Waals surface area contributed by atoms with Gasteiger partial charge in [-0.25, -0.2) is 0 Å². The average molecular weight is 248 g/mol. The lowest BCUT2D eigenvalue weighted by atomic mass is 10.3. The van der Waals surface area contributed by atoms with Gasteiger partial charge in [-0.2, -0.15) is 0 Å². The maximum atomic E-state index is 5.75. The van der Waals surface area contributed by atoms with Gasteiger partial charge in [0, 0.05) is 5.02 Å². The van der Waals surface area contributed by atoms with Crippen LogP contribution >= 0.6 is 27.5 Å². The van der Waals surface area contributed by atoms with Gasteiger partial charge in [-0.3, -0.25) is 0 Å². The van der Waals surface area contributed by atoms with Gasteiger partial charge in [0.25, 0.3) is 0 Å². The van der Waals surface area contributed by atoms with Gasteiger partial charge in [0.15, 0.2) is 0 Å². The second-order valence-electron chi connectivity index (χ2n) is 2.17. The van der Waals surface area contributed by atoms with Gasteiger partial charge in [0.1, 0.15) is 12.4 Å². The van der Waals surface area contributed by atoms with Crippen LogP contribution in [-0.2, 0) is 0 Å². The Morgan fingerprint density at radius 2 is 2.33 bits per heavy atom. The smallest absolute Gasteiger partial charge is 0.134 e. The van der Waals surface area contributed by atoms with Crippen LogP contribution in [0.2, 0.25) is 5.02 Å². The van der Waals surface area contributed by atoms with E-state index in [1.165, 1.54) is 0 Å². The third-order valence-electron chi connectivity index (χ3n) is 1.25. The van der Waals surface area contributed by atoms with Crippen molar-refractivity contribution in [2.75, 3.05) is 6.61 Å². The van der Waals surface area contributed by atoms with E-state index < -0.39 is 0 Å². The highest BCUT2D eigenvalue weighted by Gasteiger charge is 1.99. The maximum Gasteiger partial charge on any atom is 0.134 e. The third-order valence-corrected chi connectivity index (χ3v) is 2.11. The normalized spacial score (nSPS) is 9.50.